The van der Waals surface area contributed by atoms with Gasteiger partial charge in [0, 0.05) is 18.0 Å². The number of thioether (sulfide) groups is 1. The molecule has 2 heterocycles. The first-order chi connectivity index (χ1) is 10.3. The quantitative estimate of drug-likeness (QED) is 0.928. The maximum atomic E-state index is 12.8. The summed E-state index contributed by atoms with van der Waals surface area (Å²) in [5, 5.41) is 3.48. The summed E-state index contributed by atoms with van der Waals surface area (Å²) in [6.07, 6.45) is 3.28. The normalized spacial score (nSPS) is 22.0. The van der Waals surface area contributed by atoms with Crippen LogP contribution in [0.1, 0.15) is 25.3 Å². The molecule has 4 heteroatoms. The van der Waals surface area contributed by atoms with Gasteiger partial charge in [-0.15, -0.1) is 11.8 Å². The van der Waals surface area contributed by atoms with Crippen LogP contribution in [0.15, 0.2) is 29.2 Å². The highest BCUT2D eigenvalue weighted by atomic mass is 32.2. The topological polar surface area (TPSA) is 32.3 Å². The maximum absolute atomic E-state index is 12.8. The van der Waals surface area contributed by atoms with Gasteiger partial charge in [-0.3, -0.25) is 4.79 Å². The number of carbonyl (C=O) groups is 1. The molecule has 1 amide bonds. The minimum Gasteiger partial charge on any atom is -0.342 e. The van der Waals surface area contributed by atoms with Crippen LogP contribution in [-0.4, -0.2) is 42.2 Å². The summed E-state index contributed by atoms with van der Waals surface area (Å²) in [6, 6.07) is 8.42. The molecule has 0 spiro atoms. The zero-order valence-electron chi connectivity index (χ0n) is 12.7. The molecule has 114 valence electrons. The summed E-state index contributed by atoms with van der Waals surface area (Å²) >= 11 is 1.75. The van der Waals surface area contributed by atoms with Crippen LogP contribution >= 0.6 is 11.8 Å². The van der Waals surface area contributed by atoms with Crippen molar-refractivity contribution in [2.75, 3.05) is 26.2 Å². The van der Waals surface area contributed by atoms with Gasteiger partial charge >= 0.3 is 0 Å². The predicted molar refractivity (Wildman–Crippen MR) is 87.6 cm³/mol. The van der Waals surface area contributed by atoms with E-state index >= 15 is 0 Å². The first kappa shape index (κ1) is 14.9. The molecular formula is C17H24N2OS. The molecule has 3 rings (SSSR count). The SMILES string of the molecule is CCN(CC1CCNCC1)C(=O)C1Cc2ccccc2S1. The Balaban J connectivity index is 1.61. The van der Waals surface area contributed by atoms with Crippen molar-refractivity contribution >= 4 is 17.7 Å². The van der Waals surface area contributed by atoms with Crippen LogP contribution < -0.4 is 5.32 Å². The molecule has 1 unspecified atom stereocenters. The van der Waals surface area contributed by atoms with Gasteiger partial charge in [-0.05, 0) is 56.8 Å². The number of fused-ring (bicyclic) bond motifs is 1. The lowest BCUT2D eigenvalue weighted by Crippen LogP contribution is -2.42. The van der Waals surface area contributed by atoms with Gasteiger partial charge in [-0.25, -0.2) is 0 Å². The van der Waals surface area contributed by atoms with E-state index in [2.05, 4.69) is 41.4 Å². The molecular weight excluding hydrogens is 280 g/mol. The zero-order chi connectivity index (χ0) is 14.7. The van der Waals surface area contributed by atoms with Gasteiger partial charge in [0.1, 0.15) is 0 Å². The van der Waals surface area contributed by atoms with Crippen LogP contribution in [-0.2, 0) is 11.2 Å². The summed E-state index contributed by atoms with van der Waals surface area (Å²) in [6.45, 7) is 6.06. The molecule has 0 aliphatic carbocycles. The van der Waals surface area contributed by atoms with Gasteiger partial charge in [0.15, 0.2) is 0 Å². The Morgan fingerprint density at radius 2 is 2.10 bits per heavy atom. The second-order valence-corrected chi connectivity index (χ2v) is 7.23. The Morgan fingerprint density at radius 1 is 1.33 bits per heavy atom. The van der Waals surface area contributed by atoms with E-state index in [1.165, 1.54) is 23.3 Å². The molecule has 1 aromatic rings. The summed E-state index contributed by atoms with van der Waals surface area (Å²) in [5.41, 5.74) is 1.33. The minimum atomic E-state index is 0.0871. The molecule has 1 atom stereocenters. The number of amides is 1. The van der Waals surface area contributed by atoms with Crippen LogP contribution in [0.25, 0.3) is 0 Å². The van der Waals surface area contributed by atoms with E-state index < -0.39 is 0 Å². The van der Waals surface area contributed by atoms with E-state index in [1.54, 1.807) is 11.8 Å². The second-order valence-electron chi connectivity index (χ2n) is 5.99. The van der Waals surface area contributed by atoms with Gasteiger partial charge in [-0.2, -0.15) is 0 Å². The third-order valence-electron chi connectivity index (χ3n) is 4.55. The molecule has 0 radical (unpaired) electrons. The molecule has 1 fully saturated rings. The molecule has 0 aromatic heterocycles. The Kier molecular flexibility index (Phi) is 4.86. The lowest BCUT2D eigenvalue weighted by Gasteiger charge is -2.30. The van der Waals surface area contributed by atoms with E-state index in [1.807, 2.05) is 0 Å². The number of hydrogen-bond acceptors (Lipinski definition) is 3. The summed E-state index contributed by atoms with van der Waals surface area (Å²) in [7, 11) is 0. The van der Waals surface area contributed by atoms with Gasteiger partial charge in [0.05, 0.1) is 5.25 Å². The van der Waals surface area contributed by atoms with E-state index in [0.717, 1.165) is 32.6 Å². The highest BCUT2D eigenvalue weighted by molar-refractivity contribution is 8.01. The van der Waals surface area contributed by atoms with Crippen molar-refractivity contribution in [3.05, 3.63) is 29.8 Å². The predicted octanol–water partition coefficient (Wildman–Crippen LogP) is 2.55. The van der Waals surface area contributed by atoms with Crippen molar-refractivity contribution in [2.45, 2.75) is 36.3 Å². The lowest BCUT2D eigenvalue weighted by molar-refractivity contribution is -0.131. The van der Waals surface area contributed by atoms with Gasteiger partial charge in [0.2, 0.25) is 5.91 Å². The molecule has 3 nitrogen and oxygen atoms in total. The van der Waals surface area contributed by atoms with E-state index in [9.17, 15) is 4.79 Å². The first-order valence-electron chi connectivity index (χ1n) is 8.02. The summed E-state index contributed by atoms with van der Waals surface area (Å²) in [5.74, 6) is 1.00. The number of carbonyl (C=O) groups excluding carboxylic acids is 1. The van der Waals surface area contributed by atoms with E-state index in [4.69, 9.17) is 0 Å². The smallest absolute Gasteiger partial charge is 0.236 e. The second kappa shape index (κ2) is 6.84. The summed E-state index contributed by atoms with van der Waals surface area (Å²) < 4.78 is 0. The van der Waals surface area contributed by atoms with Gasteiger partial charge < -0.3 is 10.2 Å². The van der Waals surface area contributed by atoms with E-state index in [0.29, 0.717) is 11.8 Å². The molecule has 1 aromatic carbocycles. The first-order valence-corrected chi connectivity index (χ1v) is 8.90. The number of nitrogens with zero attached hydrogens (tertiary/aromatic N) is 1. The van der Waals surface area contributed by atoms with Crippen molar-refractivity contribution in [3.8, 4) is 0 Å². The fourth-order valence-corrected chi connectivity index (χ4v) is 4.55. The third-order valence-corrected chi connectivity index (χ3v) is 5.86. The van der Waals surface area contributed by atoms with Crippen LogP contribution in [0.5, 0.6) is 0 Å². The maximum Gasteiger partial charge on any atom is 0.236 e. The Hall–Kier alpha value is -1.00. The molecule has 2 aliphatic heterocycles. The fourth-order valence-electron chi connectivity index (χ4n) is 3.27. The van der Waals surface area contributed by atoms with Gasteiger partial charge in [0.25, 0.3) is 0 Å². The fraction of sp³-hybridized carbons (Fsp3) is 0.588. The average molecular weight is 304 g/mol. The minimum absolute atomic E-state index is 0.0871. The number of piperidine rings is 1. The average Bonchev–Trinajstić information content (AvgIpc) is 2.97. The van der Waals surface area contributed by atoms with Crippen molar-refractivity contribution in [1.82, 2.24) is 10.2 Å². The molecule has 1 N–H and O–H groups in total. The molecule has 1 saturated heterocycles. The van der Waals surface area contributed by atoms with Crippen molar-refractivity contribution in [3.63, 3.8) is 0 Å². The van der Waals surface area contributed by atoms with Crippen molar-refractivity contribution in [2.24, 2.45) is 5.92 Å². The van der Waals surface area contributed by atoms with Gasteiger partial charge in [-0.1, -0.05) is 18.2 Å². The largest absolute Gasteiger partial charge is 0.342 e. The van der Waals surface area contributed by atoms with Crippen LogP contribution in [0.2, 0.25) is 0 Å². The Bertz CT molecular complexity index is 474. The Morgan fingerprint density at radius 3 is 2.81 bits per heavy atom. The monoisotopic (exact) mass is 304 g/mol. The molecule has 21 heavy (non-hydrogen) atoms. The number of hydrogen-bond donors (Lipinski definition) is 1. The number of benzene rings is 1. The van der Waals surface area contributed by atoms with Crippen molar-refractivity contribution < 1.29 is 4.79 Å². The van der Waals surface area contributed by atoms with Crippen LogP contribution in [0.3, 0.4) is 0 Å². The number of rotatable bonds is 4. The third kappa shape index (κ3) is 3.43. The van der Waals surface area contributed by atoms with Crippen LogP contribution in [0, 0.1) is 5.92 Å². The lowest BCUT2D eigenvalue weighted by atomic mass is 9.97. The van der Waals surface area contributed by atoms with E-state index in [-0.39, 0.29) is 5.25 Å². The Labute approximate surface area is 131 Å². The highest BCUT2D eigenvalue weighted by Crippen LogP contribution is 2.37. The van der Waals surface area contributed by atoms with Crippen LogP contribution in [0.4, 0.5) is 0 Å². The zero-order valence-corrected chi connectivity index (χ0v) is 13.5. The number of nitrogens with one attached hydrogen (secondary N) is 1. The standard InChI is InChI=1S/C17H24N2OS/c1-2-19(12-13-7-9-18-10-8-13)17(20)16-11-14-5-3-4-6-15(14)21-16/h3-6,13,16,18H,2,7-12H2,1H3. The molecule has 0 saturated carbocycles. The molecule has 0 bridgehead atoms. The highest BCUT2D eigenvalue weighted by Gasteiger charge is 2.31. The summed E-state index contributed by atoms with van der Waals surface area (Å²) in [4.78, 5) is 16.2. The molecule has 2 aliphatic rings. The van der Waals surface area contributed by atoms with Crippen molar-refractivity contribution in [1.29, 1.82) is 0 Å².